The smallest absolute Gasteiger partial charge is 0.0121 e. The van der Waals surface area contributed by atoms with E-state index in [0.717, 1.165) is 6.42 Å². The second kappa shape index (κ2) is 4.51. The highest BCUT2D eigenvalue weighted by molar-refractivity contribution is 4.94. The predicted octanol–water partition coefficient (Wildman–Crippen LogP) is 4.34. The maximum Gasteiger partial charge on any atom is -0.0121 e. The fourth-order valence-corrected chi connectivity index (χ4v) is 0.674. The molecular formula is C13H22. The van der Waals surface area contributed by atoms with E-state index in [9.17, 15) is 0 Å². The molecule has 0 heteroatoms. The minimum Gasteiger partial charge on any atom is -0.0749 e. The van der Waals surface area contributed by atoms with Crippen LogP contribution in [-0.2, 0) is 0 Å². The van der Waals surface area contributed by atoms with Gasteiger partial charge in [0.1, 0.15) is 0 Å². The zero-order valence-corrected chi connectivity index (χ0v) is 9.86. The SMILES string of the molecule is CC(C)(C)C=C=C=CCC(C)(C)C. The average Bonchev–Trinajstić information content (AvgIpc) is 1.81. The summed E-state index contributed by atoms with van der Waals surface area (Å²) >= 11 is 0. The van der Waals surface area contributed by atoms with Crippen molar-refractivity contribution in [2.45, 2.75) is 48.0 Å². The second-order valence-corrected chi connectivity index (χ2v) is 5.77. The molecule has 13 heavy (non-hydrogen) atoms. The first-order valence-corrected chi connectivity index (χ1v) is 4.88. The molecule has 0 heterocycles. The topological polar surface area (TPSA) is 0 Å². The van der Waals surface area contributed by atoms with Gasteiger partial charge in [-0.25, -0.2) is 0 Å². The second-order valence-electron chi connectivity index (χ2n) is 5.77. The summed E-state index contributed by atoms with van der Waals surface area (Å²) < 4.78 is 0. The summed E-state index contributed by atoms with van der Waals surface area (Å²) in [4.78, 5) is 0. The summed E-state index contributed by atoms with van der Waals surface area (Å²) in [5, 5.41) is 0. The van der Waals surface area contributed by atoms with E-state index in [1.54, 1.807) is 0 Å². The van der Waals surface area contributed by atoms with E-state index in [2.05, 4.69) is 59.1 Å². The molecular weight excluding hydrogens is 156 g/mol. The van der Waals surface area contributed by atoms with Crippen molar-refractivity contribution >= 4 is 0 Å². The summed E-state index contributed by atoms with van der Waals surface area (Å²) in [6, 6.07) is 0. The van der Waals surface area contributed by atoms with Crippen molar-refractivity contribution in [3.05, 3.63) is 23.6 Å². The molecule has 0 saturated carbocycles. The molecule has 0 rings (SSSR count). The Bertz CT molecular complexity index is 230. The van der Waals surface area contributed by atoms with Gasteiger partial charge in [-0.15, -0.1) is 0 Å². The van der Waals surface area contributed by atoms with Crippen LogP contribution < -0.4 is 0 Å². The molecule has 0 aliphatic carbocycles. The maximum atomic E-state index is 3.07. The standard InChI is InChI=1S/C13H22/c1-12(2,3)10-8-7-9-11-13(4,5)6/h8,11H,10H2,1-6H3. The molecule has 0 radical (unpaired) electrons. The third-order valence-electron chi connectivity index (χ3n) is 1.41. The number of hydrogen-bond acceptors (Lipinski definition) is 0. The molecule has 0 fully saturated rings. The minimum atomic E-state index is 0.211. The lowest BCUT2D eigenvalue weighted by molar-refractivity contribution is 0.421. The Labute approximate surface area is 83.0 Å². The van der Waals surface area contributed by atoms with Crippen molar-refractivity contribution in [2.24, 2.45) is 10.8 Å². The van der Waals surface area contributed by atoms with Gasteiger partial charge in [-0.2, -0.15) is 0 Å². The van der Waals surface area contributed by atoms with Crippen molar-refractivity contribution in [2.75, 3.05) is 0 Å². The van der Waals surface area contributed by atoms with Crippen LogP contribution in [0, 0.1) is 10.8 Å². The Morgan fingerprint density at radius 1 is 0.923 bits per heavy atom. The zero-order chi connectivity index (χ0) is 10.5. The molecule has 0 aliphatic heterocycles. The Hall–Kier alpha value is -0.700. The van der Waals surface area contributed by atoms with Gasteiger partial charge < -0.3 is 0 Å². The highest BCUT2D eigenvalue weighted by atomic mass is 14.1. The van der Waals surface area contributed by atoms with Gasteiger partial charge in [0.15, 0.2) is 0 Å². The lowest BCUT2D eigenvalue weighted by atomic mass is 9.92. The highest BCUT2D eigenvalue weighted by Gasteiger charge is 2.05. The third-order valence-corrected chi connectivity index (χ3v) is 1.41. The minimum absolute atomic E-state index is 0.211. The van der Waals surface area contributed by atoms with Crippen LogP contribution in [0.1, 0.15) is 48.0 Å². The van der Waals surface area contributed by atoms with Crippen LogP contribution in [0.15, 0.2) is 23.6 Å². The Morgan fingerprint density at radius 2 is 1.46 bits per heavy atom. The molecule has 74 valence electrons. The molecule has 0 unspecified atom stereocenters. The molecule has 0 aromatic carbocycles. The lowest BCUT2D eigenvalue weighted by Crippen LogP contribution is -2.01. The first kappa shape index (κ1) is 12.3. The predicted molar refractivity (Wildman–Crippen MR) is 59.7 cm³/mol. The molecule has 0 spiro atoms. The van der Waals surface area contributed by atoms with E-state index in [0.29, 0.717) is 5.41 Å². The fourth-order valence-electron chi connectivity index (χ4n) is 0.674. The number of rotatable bonds is 1. The zero-order valence-electron chi connectivity index (χ0n) is 9.86. The molecule has 0 nitrogen and oxygen atoms in total. The monoisotopic (exact) mass is 178 g/mol. The highest BCUT2D eigenvalue weighted by Crippen LogP contribution is 2.18. The van der Waals surface area contributed by atoms with Gasteiger partial charge in [0.25, 0.3) is 0 Å². The summed E-state index contributed by atoms with van der Waals surface area (Å²) in [6.45, 7) is 13.1. The lowest BCUT2D eigenvalue weighted by Gasteiger charge is -2.13. The fraction of sp³-hybridized carbons (Fsp3) is 0.692. The van der Waals surface area contributed by atoms with Gasteiger partial charge in [-0.3, -0.25) is 0 Å². The summed E-state index contributed by atoms with van der Waals surface area (Å²) in [7, 11) is 0. The summed E-state index contributed by atoms with van der Waals surface area (Å²) in [5.74, 6) is 0. The van der Waals surface area contributed by atoms with Gasteiger partial charge in [0.2, 0.25) is 0 Å². The Balaban J connectivity index is 4.21. The van der Waals surface area contributed by atoms with E-state index in [1.165, 1.54) is 0 Å². The van der Waals surface area contributed by atoms with E-state index in [4.69, 9.17) is 0 Å². The molecule has 0 atom stereocenters. The van der Waals surface area contributed by atoms with Crippen LogP contribution in [0.5, 0.6) is 0 Å². The molecule has 0 aromatic heterocycles. The van der Waals surface area contributed by atoms with Crippen LogP contribution in [-0.4, -0.2) is 0 Å². The quantitative estimate of drug-likeness (QED) is 0.524. The van der Waals surface area contributed by atoms with Gasteiger partial charge >= 0.3 is 0 Å². The van der Waals surface area contributed by atoms with Crippen molar-refractivity contribution in [3.8, 4) is 0 Å². The Kier molecular flexibility index (Phi) is 4.27. The van der Waals surface area contributed by atoms with E-state index < -0.39 is 0 Å². The number of hydrogen-bond donors (Lipinski definition) is 0. The van der Waals surface area contributed by atoms with Crippen molar-refractivity contribution in [1.29, 1.82) is 0 Å². The van der Waals surface area contributed by atoms with Crippen LogP contribution in [0.25, 0.3) is 0 Å². The van der Waals surface area contributed by atoms with Crippen LogP contribution in [0.3, 0.4) is 0 Å². The van der Waals surface area contributed by atoms with Crippen molar-refractivity contribution < 1.29 is 0 Å². The first-order valence-electron chi connectivity index (χ1n) is 4.88. The van der Waals surface area contributed by atoms with E-state index in [-0.39, 0.29) is 5.41 Å². The van der Waals surface area contributed by atoms with Crippen LogP contribution in [0.2, 0.25) is 0 Å². The number of allylic oxidation sites excluding steroid dienone is 2. The molecule has 0 aliphatic rings. The van der Waals surface area contributed by atoms with Crippen LogP contribution >= 0.6 is 0 Å². The summed E-state index contributed by atoms with van der Waals surface area (Å²) in [6.07, 6.45) is 5.16. The average molecular weight is 178 g/mol. The van der Waals surface area contributed by atoms with Crippen molar-refractivity contribution in [3.63, 3.8) is 0 Å². The molecule has 0 bridgehead atoms. The molecule has 0 aromatic rings. The first-order chi connectivity index (χ1) is 5.71. The third kappa shape index (κ3) is 11.3. The van der Waals surface area contributed by atoms with Gasteiger partial charge in [0, 0.05) is 0 Å². The molecule has 0 amide bonds. The van der Waals surface area contributed by atoms with Crippen molar-refractivity contribution in [1.82, 2.24) is 0 Å². The normalized spacial score (nSPS) is 11.5. The molecule has 0 saturated heterocycles. The Morgan fingerprint density at radius 3 is 1.85 bits per heavy atom. The van der Waals surface area contributed by atoms with Gasteiger partial charge in [-0.05, 0) is 29.4 Å². The summed E-state index contributed by atoms with van der Waals surface area (Å²) in [5.41, 5.74) is 6.70. The van der Waals surface area contributed by atoms with Gasteiger partial charge in [0.05, 0.1) is 0 Å². The van der Waals surface area contributed by atoms with E-state index >= 15 is 0 Å². The largest absolute Gasteiger partial charge is 0.0749 e. The van der Waals surface area contributed by atoms with Crippen LogP contribution in [0.4, 0.5) is 0 Å². The molecule has 0 N–H and O–H groups in total. The maximum absolute atomic E-state index is 3.07. The van der Waals surface area contributed by atoms with E-state index in [1.807, 2.05) is 6.08 Å². The van der Waals surface area contributed by atoms with Gasteiger partial charge in [-0.1, -0.05) is 53.0 Å².